The molecule has 0 aromatic heterocycles. The van der Waals surface area contributed by atoms with E-state index in [1.807, 2.05) is 13.8 Å². The number of fused-ring (bicyclic) bond motifs is 1. The van der Waals surface area contributed by atoms with Gasteiger partial charge in [0.2, 0.25) is 0 Å². The minimum atomic E-state index is -0.749. The Labute approximate surface area is 188 Å². The first-order chi connectivity index (χ1) is 14.9. The Kier molecular flexibility index (Phi) is 8.68. The highest BCUT2D eigenvalue weighted by Gasteiger charge is 2.55. The summed E-state index contributed by atoms with van der Waals surface area (Å²) in [5.41, 5.74) is 0.545. The minimum absolute atomic E-state index is 0.370. The summed E-state index contributed by atoms with van der Waals surface area (Å²) in [4.78, 5) is 16.8. The number of carbonyl (C=O) groups is 1. The standard InChI is InChI=1S/C22H31ClN2O6/c1-4-5-6-7-8-13-27-20-19-18(29-22(2,3)30-19)17(28-20)14-24-31-21(26)25-16-11-9-15(23)10-12-16/h9-12,14,17-20H,4-8,13H2,1-3H3,(H,25,26)/b24-14+/t17-,18+,19+,20+/m1/s1. The van der Waals surface area contributed by atoms with Gasteiger partial charge in [0.1, 0.15) is 18.3 Å². The van der Waals surface area contributed by atoms with Gasteiger partial charge in [-0.2, -0.15) is 0 Å². The fourth-order valence-electron chi connectivity index (χ4n) is 3.56. The number of oxime groups is 1. The number of halogens is 1. The highest BCUT2D eigenvalue weighted by molar-refractivity contribution is 6.30. The lowest BCUT2D eigenvalue weighted by Crippen LogP contribution is -2.31. The lowest BCUT2D eigenvalue weighted by Gasteiger charge is -2.23. The third kappa shape index (κ3) is 7.15. The molecule has 3 rings (SSSR count). The van der Waals surface area contributed by atoms with E-state index in [2.05, 4.69) is 17.4 Å². The normalized spacial score (nSPS) is 26.8. The average Bonchev–Trinajstić information content (AvgIpc) is 3.20. The Hall–Kier alpha value is -1.71. The second-order valence-corrected chi connectivity index (χ2v) is 8.52. The summed E-state index contributed by atoms with van der Waals surface area (Å²) in [6.45, 7) is 6.47. The lowest BCUT2D eigenvalue weighted by atomic mass is 10.1. The molecular weight excluding hydrogens is 424 g/mol. The molecule has 8 nitrogen and oxygen atoms in total. The Balaban J connectivity index is 1.49. The SMILES string of the molecule is CCCCCCCO[C@H]1O[C@H](/C=N/OC(=O)Nc2ccc(Cl)cc2)[C@@H]2OC(C)(C)O[C@H]12. The maximum Gasteiger partial charge on any atom is 0.437 e. The predicted octanol–water partition coefficient (Wildman–Crippen LogP) is 5.11. The molecule has 0 radical (unpaired) electrons. The molecule has 0 bridgehead atoms. The lowest BCUT2D eigenvalue weighted by molar-refractivity contribution is -0.225. The Morgan fingerprint density at radius 1 is 1.16 bits per heavy atom. The van der Waals surface area contributed by atoms with E-state index in [1.54, 1.807) is 24.3 Å². The fourth-order valence-corrected chi connectivity index (χ4v) is 3.69. The van der Waals surface area contributed by atoms with Gasteiger partial charge < -0.3 is 18.9 Å². The monoisotopic (exact) mass is 454 g/mol. The van der Waals surface area contributed by atoms with Gasteiger partial charge in [0.15, 0.2) is 12.1 Å². The molecule has 172 valence electrons. The van der Waals surface area contributed by atoms with Crippen molar-refractivity contribution in [3.05, 3.63) is 29.3 Å². The van der Waals surface area contributed by atoms with Crippen LogP contribution >= 0.6 is 11.6 Å². The summed E-state index contributed by atoms with van der Waals surface area (Å²) in [6, 6.07) is 6.65. The van der Waals surface area contributed by atoms with Crippen LogP contribution in [0, 0.1) is 0 Å². The Morgan fingerprint density at radius 3 is 2.61 bits per heavy atom. The van der Waals surface area contributed by atoms with Crippen LogP contribution < -0.4 is 5.32 Å². The molecule has 0 saturated carbocycles. The van der Waals surface area contributed by atoms with Crippen LogP contribution in [0.4, 0.5) is 10.5 Å². The summed E-state index contributed by atoms with van der Waals surface area (Å²) in [7, 11) is 0. The second-order valence-electron chi connectivity index (χ2n) is 8.08. The molecule has 9 heteroatoms. The zero-order valence-electron chi connectivity index (χ0n) is 18.2. The summed E-state index contributed by atoms with van der Waals surface area (Å²) in [6.07, 6.45) is 4.53. The minimum Gasteiger partial charge on any atom is -0.350 e. The van der Waals surface area contributed by atoms with Crippen LogP contribution in [0.5, 0.6) is 0 Å². The maximum absolute atomic E-state index is 11.9. The van der Waals surface area contributed by atoms with Crippen molar-refractivity contribution in [3.8, 4) is 0 Å². The second kappa shape index (κ2) is 11.2. The van der Waals surface area contributed by atoms with Crippen molar-refractivity contribution in [2.75, 3.05) is 11.9 Å². The number of unbranched alkanes of at least 4 members (excludes halogenated alkanes) is 4. The zero-order valence-corrected chi connectivity index (χ0v) is 19.0. The molecule has 2 fully saturated rings. The van der Waals surface area contributed by atoms with Crippen molar-refractivity contribution in [2.24, 2.45) is 5.16 Å². The van der Waals surface area contributed by atoms with E-state index in [0.717, 1.165) is 12.8 Å². The van der Waals surface area contributed by atoms with Gasteiger partial charge >= 0.3 is 6.09 Å². The summed E-state index contributed by atoms with van der Waals surface area (Å²) >= 11 is 5.83. The smallest absolute Gasteiger partial charge is 0.350 e. The number of rotatable bonds is 10. The Morgan fingerprint density at radius 2 is 1.87 bits per heavy atom. The van der Waals surface area contributed by atoms with Crippen LogP contribution in [0.2, 0.25) is 5.02 Å². The predicted molar refractivity (Wildman–Crippen MR) is 117 cm³/mol. The molecule has 0 spiro atoms. The molecule has 1 aromatic rings. The number of hydrogen-bond acceptors (Lipinski definition) is 7. The third-order valence-corrected chi connectivity index (χ3v) is 5.26. The van der Waals surface area contributed by atoms with Crippen LogP contribution in [0.15, 0.2) is 29.4 Å². The molecule has 2 aliphatic rings. The van der Waals surface area contributed by atoms with E-state index >= 15 is 0 Å². The van der Waals surface area contributed by atoms with Crippen LogP contribution in [0.3, 0.4) is 0 Å². The highest BCUT2D eigenvalue weighted by atomic mass is 35.5. The first-order valence-corrected chi connectivity index (χ1v) is 11.2. The number of nitrogens with one attached hydrogen (secondary N) is 1. The first kappa shape index (κ1) is 23.9. The topological polar surface area (TPSA) is 87.6 Å². The molecule has 2 saturated heterocycles. The Bertz CT molecular complexity index is 742. The van der Waals surface area contributed by atoms with E-state index < -0.39 is 30.4 Å². The number of benzene rings is 1. The summed E-state index contributed by atoms with van der Waals surface area (Å²) in [5, 5.41) is 6.89. The van der Waals surface area contributed by atoms with Gasteiger partial charge in [0, 0.05) is 17.3 Å². The van der Waals surface area contributed by atoms with Crippen LogP contribution in [0.1, 0.15) is 52.9 Å². The van der Waals surface area contributed by atoms with Gasteiger partial charge in [0.25, 0.3) is 0 Å². The first-order valence-electron chi connectivity index (χ1n) is 10.8. The van der Waals surface area contributed by atoms with Crippen molar-refractivity contribution in [1.82, 2.24) is 0 Å². The van der Waals surface area contributed by atoms with E-state index in [0.29, 0.717) is 17.3 Å². The van der Waals surface area contributed by atoms with Gasteiger partial charge in [-0.1, -0.05) is 49.4 Å². The van der Waals surface area contributed by atoms with Crippen molar-refractivity contribution in [2.45, 2.75) is 83.3 Å². The van der Waals surface area contributed by atoms with Crippen LogP contribution in [-0.2, 0) is 23.8 Å². The molecule has 4 atom stereocenters. The molecule has 1 aromatic carbocycles. The van der Waals surface area contributed by atoms with Gasteiger partial charge in [-0.3, -0.25) is 10.2 Å². The number of nitrogens with zero attached hydrogens (tertiary/aromatic N) is 1. The van der Waals surface area contributed by atoms with E-state index in [-0.39, 0.29) is 6.10 Å². The van der Waals surface area contributed by atoms with Gasteiger partial charge in [0.05, 0.1) is 6.21 Å². The number of anilines is 1. The zero-order chi connectivity index (χ0) is 22.3. The van der Waals surface area contributed by atoms with E-state index in [1.165, 1.54) is 25.5 Å². The van der Waals surface area contributed by atoms with Crippen molar-refractivity contribution in [1.29, 1.82) is 0 Å². The molecule has 1 N–H and O–H groups in total. The van der Waals surface area contributed by atoms with E-state index in [4.69, 9.17) is 35.4 Å². The summed E-state index contributed by atoms with van der Waals surface area (Å²) < 4.78 is 23.7. The fraction of sp³-hybridized carbons (Fsp3) is 0.636. The number of carbonyl (C=O) groups excluding carboxylic acids is 1. The third-order valence-electron chi connectivity index (χ3n) is 5.01. The molecule has 0 unspecified atom stereocenters. The molecule has 2 aliphatic heterocycles. The van der Waals surface area contributed by atoms with Crippen molar-refractivity contribution in [3.63, 3.8) is 0 Å². The van der Waals surface area contributed by atoms with Crippen molar-refractivity contribution >= 4 is 29.6 Å². The van der Waals surface area contributed by atoms with Crippen LogP contribution in [0.25, 0.3) is 0 Å². The van der Waals surface area contributed by atoms with E-state index in [9.17, 15) is 4.79 Å². The van der Waals surface area contributed by atoms with Crippen LogP contribution in [-0.4, -0.2) is 49.3 Å². The average molecular weight is 455 g/mol. The quantitative estimate of drug-likeness (QED) is 0.229. The molecule has 2 heterocycles. The van der Waals surface area contributed by atoms with Gasteiger partial charge in [-0.25, -0.2) is 4.79 Å². The number of hydrogen-bond donors (Lipinski definition) is 1. The number of ether oxygens (including phenoxy) is 4. The van der Waals surface area contributed by atoms with Crippen molar-refractivity contribution < 1.29 is 28.6 Å². The largest absolute Gasteiger partial charge is 0.437 e. The van der Waals surface area contributed by atoms with Gasteiger partial charge in [-0.15, -0.1) is 0 Å². The number of amides is 1. The molecule has 1 amide bonds. The molecule has 31 heavy (non-hydrogen) atoms. The molecular formula is C22H31ClN2O6. The maximum atomic E-state index is 11.9. The molecule has 0 aliphatic carbocycles. The van der Waals surface area contributed by atoms with Gasteiger partial charge in [-0.05, 0) is 44.5 Å². The highest BCUT2D eigenvalue weighted by Crippen LogP contribution is 2.38. The summed E-state index contributed by atoms with van der Waals surface area (Å²) in [5.74, 6) is -0.749.